The molecule has 0 amide bonds. The molecular formula is C21H26O2. The Labute approximate surface area is 139 Å². The highest BCUT2D eigenvalue weighted by molar-refractivity contribution is 5.87. The Hall–Kier alpha value is -2.09. The summed E-state index contributed by atoms with van der Waals surface area (Å²) in [6.07, 6.45) is 10.2. The zero-order valence-corrected chi connectivity index (χ0v) is 14.5. The highest BCUT2D eigenvalue weighted by atomic mass is 16.4. The highest BCUT2D eigenvalue weighted by Gasteiger charge is 2.26. The smallest absolute Gasteiger partial charge is 0.335 e. The monoisotopic (exact) mass is 310 g/mol. The van der Waals surface area contributed by atoms with Gasteiger partial charge in [-0.05, 0) is 61.8 Å². The van der Waals surface area contributed by atoms with Crippen LogP contribution in [0.25, 0.3) is 6.08 Å². The summed E-state index contributed by atoms with van der Waals surface area (Å²) in [4.78, 5) is 10.9. The Morgan fingerprint density at radius 2 is 1.87 bits per heavy atom. The maximum Gasteiger partial charge on any atom is 0.335 e. The van der Waals surface area contributed by atoms with E-state index in [0.29, 0.717) is 5.56 Å². The van der Waals surface area contributed by atoms with Crippen molar-refractivity contribution >= 4 is 12.0 Å². The first kappa shape index (κ1) is 17.3. The van der Waals surface area contributed by atoms with Crippen LogP contribution in [0.15, 0.2) is 53.1 Å². The molecule has 0 bridgehead atoms. The Balaban J connectivity index is 2.17. The first-order chi connectivity index (χ1) is 10.8. The molecule has 1 N–H and O–H groups in total. The molecule has 0 spiro atoms. The average Bonchev–Trinajstić information content (AvgIpc) is 2.46. The minimum Gasteiger partial charge on any atom is -0.478 e. The molecule has 2 rings (SSSR count). The molecule has 0 heterocycles. The average molecular weight is 310 g/mol. The van der Waals surface area contributed by atoms with Crippen molar-refractivity contribution in [3.8, 4) is 0 Å². The van der Waals surface area contributed by atoms with Gasteiger partial charge in [-0.2, -0.15) is 0 Å². The van der Waals surface area contributed by atoms with E-state index in [2.05, 4.69) is 45.9 Å². The topological polar surface area (TPSA) is 37.3 Å². The van der Waals surface area contributed by atoms with Crippen LogP contribution in [-0.2, 0) is 0 Å². The third kappa shape index (κ3) is 4.44. The van der Waals surface area contributed by atoms with Gasteiger partial charge in [-0.15, -0.1) is 0 Å². The lowest BCUT2D eigenvalue weighted by atomic mass is 9.72. The van der Waals surface area contributed by atoms with E-state index in [1.807, 2.05) is 12.1 Å². The van der Waals surface area contributed by atoms with E-state index in [1.54, 1.807) is 12.1 Å². The maximum atomic E-state index is 10.9. The van der Waals surface area contributed by atoms with Crippen molar-refractivity contribution in [1.82, 2.24) is 0 Å². The predicted molar refractivity (Wildman–Crippen MR) is 96.5 cm³/mol. The number of benzene rings is 1. The lowest BCUT2D eigenvalue weighted by Gasteiger charge is -2.32. The van der Waals surface area contributed by atoms with Gasteiger partial charge in [-0.25, -0.2) is 4.79 Å². The molecule has 23 heavy (non-hydrogen) atoms. The highest BCUT2D eigenvalue weighted by Crippen LogP contribution is 2.40. The van der Waals surface area contributed by atoms with Crippen molar-refractivity contribution in [2.75, 3.05) is 0 Å². The summed E-state index contributed by atoms with van der Waals surface area (Å²) in [6.45, 7) is 8.95. The molecule has 122 valence electrons. The summed E-state index contributed by atoms with van der Waals surface area (Å²) >= 11 is 0. The van der Waals surface area contributed by atoms with Gasteiger partial charge in [0.15, 0.2) is 0 Å². The number of aromatic carboxylic acids is 1. The predicted octanol–water partition coefficient (Wildman–Crippen LogP) is 5.87. The lowest BCUT2D eigenvalue weighted by Crippen LogP contribution is -2.19. The maximum absolute atomic E-state index is 10.9. The largest absolute Gasteiger partial charge is 0.478 e. The molecule has 0 saturated heterocycles. The standard InChI is InChI=1S/C21H26O2/c1-15(14-17-8-10-18(11-9-17)20(22)23)7-12-19-16(2)6-5-13-21(19,3)4/h7-12,14H,5-6,13H2,1-4H3,(H,22,23)/b12-7+,15-14-. The SMILES string of the molecule is CC1=C(/C=C/C(C)=C\c2ccc(C(=O)O)cc2)C(C)(C)CCC1. The quantitative estimate of drug-likeness (QED) is 0.706. The minimum absolute atomic E-state index is 0.252. The van der Waals surface area contributed by atoms with E-state index < -0.39 is 5.97 Å². The summed E-state index contributed by atoms with van der Waals surface area (Å²) in [5.74, 6) is -0.890. The first-order valence-electron chi connectivity index (χ1n) is 8.19. The van der Waals surface area contributed by atoms with Gasteiger partial charge >= 0.3 is 5.97 Å². The van der Waals surface area contributed by atoms with Gasteiger partial charge in [-0.3, -0.25) is 0 Å². The molecule has 0 unspecified atom stereocenters. The number of hydrogen-bond acceptors (Lipinski definition) is 1. The molecule has 0 saturated carbocycles. The van der Waals surface area contributed by atoms with Crippen LogP contribution in [-0.4, -0.2) is 11.1 Å². The number of allylic oxidation sites excluding steroid dienone is 5. The van der Waals surface area contributed by atoms with Crippen molar-refractivity contribution in [2.45, 2.75) is 47.0 Å². The summed E-state index contributed by atoms with van der Waals surface area (Å²) in [7, 11) is 0. The molecule has 2 heteroatoms. The van der Waals surface area contributed by atoms with Gasteiger partial charge in [0.1, 0.15) is 0 Å². The molecule has 1 aromatic rings. The van der Waals surface area contributed by atoms with Crippen LogP contribution in [0.4, 0.5) is 0 Å². The molecule has 2 nitrogen and oxygen atoms in total. The lowest BCUT2D eigenvalue weighted by molar-refractivity contribution is 0.0697. The number of rotatable bonds is 4. The zero-order chi connectivity index (χ0) is 17.0. The summed E-state index contributed by atoms with van der Waals surface area (Å²) in [5, 5.41) is 8.93. The molecule has 1 aromatic carbocycles. The second-order valence-electron chi connectivity index (χ2n) is 7.08. The van der Waals surface area contributed by atoms with Crippen molar-refractivity contribution in [2.24, 2.45) is 5.41 Å². The van der Waals surface area contributed by atoms with Gasteiger partial charge in [-0.1, -0.05) is 55.4 Å². The number of carboxylic acid groups (broad SMARTS) is 1. The van der Waals surface area contributed by atoms with E-state index in [1.165, 1.54) is 30.4 Å². The Morgan fingerprint density at radius 3 is 2.43 bits per heavy atom. The van der Waals surface area contributed by atoms with E-state index in [-0.39, 0.29) is 5.41 Å². The number of hydrogen-bond donors (Lipinski definition) is 1. The van der Waals surface area contributed by atoms with Crippen LogP contribution in [0.3, 0.4) is 0 Å². The molecule has 0 aromatic heterocycles. The molecule has 1 aliphatic carbocycles. The Bertz CT molecular complexity index is 670. The third-order valence-electron chi connectivity index (χ3n) is 4.61. The summed E-state index contributed by atoms with van der Waals surface area (Å²) in [6, 6.07) is 6.97. The van der Waals surface area contributed by atoms with Crippen LogP contribution in [0, 0.1) is 5.41 Å². The molecule has 0 radical (unpaired) electrons. The fraction of sp³-hybridized carbons (Fsp3) is 0.381. The van der Waals surface area contributed by atoms with Gasteiger partial charge in [0.25, 0.3) is 0 Å². The molecule has 0 atom stereocenters. The minimum atomic E-state index is -0.890. The van der Waals surface area contributed by atoms with Crippen molar-refractivity contribution in [1.29, 1.82) is 0 Å². The second-order valence-corrected chi connectivity index (χ2v) is 7.08. The first-order valence-corrected chi connectivity index (χ1v) is 8.19. The summed E-state index contributed by atoms with van der Waals surface area (Å²) in [5.41, 5.74) is 5.71. The third-order valence-corrected chi connectivity index (χ3v) is 4.61. The van der Waals surface area contributed by atoms with E-state index in [4.69, 9.17) is 5.11 Å². The second kappa shape index (κ2) is 6.99. The van der Waals surface area contributed by atoms with E-state index in [0.717, 1.165) is 11.1 Å². The van der Waals surface area contributed by atoms with Crippen molar-refractivity contribution < 1.29 is 9.90 Å². The number of carboxylic acids is 1. The fourth-order valence-electron chi connectivity index (χ4n) is 3.26. The Kier molecular flexibility index (Phi) is 5.25. The molecule has 0 fully saturated rings. The summed E-state index contributed by atoms with van der Waals surface area (Å²) < 4.78 is 0. The van der Waals surface area contributed by atoms with Crippen LogP contribution in [0.5, 0.6) is 0 Å². The van der Waals surface area contributed by atoms with Gasteiger partial charge in [0.2, 0.25) is 0 Å². The van der Waals surface area contributed by atoms with Crippen LogP contribution < -0.4 is 0 Å². The van der Waals surface area contributed by atoms with Crippen molar-refractivity contribution in [3.05, 3.63) is 64.3 Å². The zero-order valence-electron chi connectivity index (χ0n) is 14.5. The number of carbonyl (C=O) groups is 1. The van der Waals surface area contributed by atoms with Gasteiger partial charge in [0.05, 0.1) is 5.56 Å². The van der Waals surface area contributed by atoms with Gasteiger partial charge in [0, 0.05) is 0 Å². The van der Waals surface area contributed by atoms with Gasteiger partial charge < -0.3 is 5.11 Å². The van der Waals surface area contributed by atoms with Crippen LogP contribution >= 0.6 is 0 Å². The van der Waals surface area contributed by atoms with E-state index in [9.17, 15) is 4.79 Å². The van der Waals surface area contributed by atoms with Crippen LogP contribution in [0.2, 0.25) is 0 Å². The Morgan fingerprint density at radius 1 is 1.22 bits per heavy atom. The van der Waals surface area contributed by atoms with Crippen LogP contribution in [0.1, 0.15) is 62.9 Å². The molecule has 1 aliphatic rings. The van der Waals surface area contributed by atoms with E-state index >= 15 is 0 Å². The fourth-order valence-corrected chi connectivity index (χ4v) is 3.26. The molecule has 0 aliphatic heterocycles. The molecular weight excluding hydrogens is 284 g/mol. The van der Waals surface area contributed by atoms with Crippen molar-refractivity contribution in [3.63, 3.8) is 0 Å². The normalized spacial score (nSPS) is 18.5.